The number of hydrogen-bond donors (Lipinski definition) is 1. The van der Waals surface area contributed by atoms with E-state index in [-0.39, 0.29) is 18.0 Å². The van der Waals surface area contributed by atoms with Gasteiger partial charge in [0.15, 0.2) is 0 Å². The summed E-state index contributed by atoms with van der Waals surface area (Å²) in [6.45, 7) is 2.03. The fourth-order valence-electron chi connectivity index (χ4n) is 1.54. The number of amides is 1. The number of thiophene rings is 1. The third kappa shape index (κ3) is 4.01. The third-order valence-electron chi connectivity index (χ3n) is 2.83. The predicted molar refractivity (Wildman–Crippen MR) is 76.5 cm³/mol. The van der Waals surface area contributed by atoms with Crippen molar-refractivity contribution in [1.29, 1.82) is 0 Å². The molecule has 0 saturated carbocycles. The monoisotopic (exact) mass is 272 g/mol. The van der Waals surface area contributed by atoms with Gasteiger partial charge in [0.05, 0.1) is 12.1 Å². The van der Waals surface area contributed by atoms with Gasteiger partial charge >= 0.3 is 0 Å². The van der Waals surface area contributed by atoms with E-state index in [4.69, 9.17) is 5.73 Å². The lowest BCUT2D eigenvalue weighted by Gasteiger charge is -2.26. The van der Waals surface area contributed by atoms with Gasteiger partial charge in [-0.15, -0.1) is 11.3 Å². The summed E-state index contributed by atoms with van der Waals surface area (Å²) in [6, 6.07) is 3.77. The number of rotatable bonds is 6. The Morgan fingerprint density at radius 2 is 2.35 bits per heavy atom. The summed E-state index contributed by atoms with van der Waals surface area (Å²) in [5, 5.41) is 2.03. The molecule has 0 bridgehead atoms. The normalized spacial score (nSPS) is 14.4. The van der Waals surface area contributed by atoms with Crippen LogP contribution in [-0.2, 0) is 4.79 Å². The Labute approximate surface area is 111 Å². The first kappa shape index (κ1) is 14.5. The zero-order valence-electron chi connectivity index (χ0n) is 10.6. The highest BCUT2D eigenvalue weighted by Crippen LogP contribution is 2.23. The van der Waals surface area contributed by atoms with Crippen molar-refractivity contribution >= 4 is 29.0 Å². The largest absolute Gasteiger partial charge is 0.337 e. The number of nitrogens with zero attached hydrogens (tertiary/aromatic N) is 1. The maximum Gasteiger partial charge on any atom is 0.239 e. The van der Waals surface area contributed by atoms with Crippen LogP contribution in [0.15, 0.2) is 17.5 Å². The van der Waals surface area contributed by atoms with Gasteiger partial charge in [-0.1, -0.05) is 6.07 Å². The zero-order chi connectivity index (χ0) is 12.8. The molecule has 1 aromatic heterocycles. The summed E-state index contributed by atoms with van der Waals surface area (Å²) in [5.41, 5.74) is 5.89. The summed E-state index contributed by atoms with van der Waals surface area (Å²) >= 11 is 3.38. The van der Waals surface area contributed by atoms with E-state index in [1.54, 1.807) is 28.0 Å². The Balaban J connectivity index is 2.57. The maximum absolute atomic E-state index is 12.1. The molecule has 96 valence electrons. The number of hydrogen-bond acceptors (Lipinski definition) is 4. The minimum atomic E-state index is -0.380. The number of nitrogens with two attached hydrogens (primary N) is 1. The van der Waals surface area contributed by atoms with Crippen molar-refractivity contribution in [3.8, 4) is 0 Å². The van der Waals surface area contributed by atoms with Crippen molar-refractivity contribution in [2.75, 3.05) is 19.1 Å². The van der Waals surface area contributed by atoms with Gasteiger partial charge in [-0.25, -0.2) is 0 Å². The number of thioether (sulfide) groups is 1. The van der Waals surface area contributed by atoms with Crippen molar-refractivity contribution in [3.63, 3.8) is 0 Å². The second-order valence-corrected chi connectivity index (χ2v) is 5.99. The molecule has 1 unspecified atom stereocenters. The van der Waals surface area contributed by atoms with Crippen LogP contribution in [0.2, 0.25) is 0 Å². The van der Waals surface area contributed by atoms with Crippen molar-refractivity contribution in [1.82, 2.24) is 4.90 Å². The standard InChI is InChI=1S/C12H20N2OS2/c1-9(11-5-4-7-17-11)14(2)12(15)10(13)6-8-16-3/h4-5,7,9-10H,6,8,13H2,1-3H3/t9?,10-/m1/s1. The Hall–Kier alpha value is -0.520. The predicted octanol–water partition coefficient (Wildman–Crippen LogP) is 2.35. The minimum Gasteiger partial charge on any atom is -0.337 e. The molecule has 0 saturated heterocycles. The van der Waals surface area contributed by atoms with Crippen LogP contribution >= 0.6 is 23.1 Å². The van der Waals surface area contributed by atoms with E-state index in [1.165, 1.54) is 4.88 Å². The van der Waals surface area contributed by atoms with Crippen LogP contribution in [-0.4, -0.2) is 35.9 Å². The van der Waals surface area contributed by atoms with E-state index in [0.29, 0.717) is 0 Å². The molecule has 5 heteroatoms. The topological polar surface area (TPSA) is 46.3 Å². The average Bonchev–Trinajstić information content (AvgIpc) is 2.86. The van der Waals surface area contributed by atoms with Crippen molar-refractivity contribution in [2.45, 2.75) is 25.4 Å². The molecule has 1 heterocycles. The van der Waals surface area contributed by atoms with Gasteiger partial charge in [0.1, 0.15) is 0 Å². The highest BCUT2D eigenvalue weighted by atomic mass is 32.2. The van der Waals surface area contributed by atoms with Gasteiger partial charge in [-0.05, 0) is 36.8 Å². The Morgan fingerprint density at radius 3 is 2.88 bits per heavy atom. The second kappa shape index (κ2) is 7.03. The zero-order valence-corrected chi connectivity index (χ0v) is 12.2. The fourth-order valence-corrected chi connectivity index (χ4v) is 2.86. The summed E-state index contributed by atoms with van der Waals surface area (Å²) < 4.78 is 0. The fraction of sp³-hybridized carbons (Fsp3) is 0.583. The highest BCUT2D eigenvalue weighted by Gasteiger charge is 2.22. The van der Waals surface area contributed by atoms with Crippen molar-refractivity contribution < 1.29 is 4.79 Å². The van der Waals surface area contributed by atoms with E-state index in [9.17, 15) is 4.79 Å². The lowest BCUT2D eigenvalue weighted by Crippen LogP contribution is -2.42. The molecule has 0 aliphatic rings. The average molecular weight is 272 g/mol. The quantitative estimate of drug-likeness (QED) is 0.864. The number of likely N-dealkylation sites (N-methyl/N-ethyl adjacent to an activating group) is 1. The van der Waals surface area contributed by atoms with Gasteiger partial charge in [0.25, 0.3) is 0 Å². The summed E-state index contributed by atoms with van der Waals surface area (Å²) in [7, 11) is 1.83. The minimum absolute atomic E-state index is 0.0277. The molecule has 1 aromatic rings. The molecule has 0 aliphatic heterocycles. The van der Waals surface area contributed by atoms with Gasteiger partial charge in [0.2, 0.25) is 5.91 Å². The number of carbonyl (C=O) groups is 1. The lowest BCUT2D eigenvalue weighted by molar-refractivity contribution is -0.133. The summed E-state index contributed by atoms with van der Waals surface area (Å²) in [5.74, 6) is 0.952. The van der Waals surface area contributed by atoms with E-state index < -0.39 is 0 Å². The van der Waals surface area contributed by atoms with Gasteiger partial charge < -0.3 is 10.6 Å². The van der Waals surface area contributed by atoms with Crippen LogP contribution in [0.1, 0.15) is 24.3 Å². The van der Waals surface area contributed by atoms with Gasteiger partial charge in [-0.2, -0.15) is 11.8 Å². The third-order valence-corrected chi connectivity index (χ3v) is 4.52. The molecule has 0 spiro atoms. The molecule has 3 nitrogen and oxygen atoms in total. The molecule has 1 amide bonds. The van der Waals surface area contributed by atoms with Gasteiger partial charge in [0, 0.05) is 11.9 Å². The Bertz CT molecular complexity index is 340. The van der Waals surface area contributed by atoms with Gasteiger partial charge in [-0.3, -0.25) is 4.79 Å². The maximum atomic E-state index is 12.1. The van der Waals surface area contributed by atoms with Crippen molar-refractivity contribution in [3.05, 3.63) is 22.4 Å². The van der Waals surface area contributed by atoms with E-state index in [2.05, 4.69) is 0 Å². The molecule has 2 N–H and O–H groups in total. The highest BCUT2D eigenvalue weighted by molar-refractivity contribution is 7.98. The molecule has 0 fully saturated rings. The van der Waals surface area contributed by atoms with Crippen LogP contribution in [0.25, 0.3) is 0 Å². The molecule has 2 atom stereocenters. The van der Waals surface area contributed by atoms with Crippen LogP contribution < -0.4 is 5.73 Å². The Morgan fingerprint density at radius 1 is 1.65 bits per heavy atom. The molecule has 17 heavy (non-hydrogen) atoms. The second-order valence-electron chi connectivity index (χ2n) is 4.03. The van der Waals surface area contributed by atoms with Crippen LogP contribution in [0.4, 0.5) is 0 Å². The van der Waals surface area contributed by atoms with Crippen LogP contribution in [0.3, 0.4) is 0 Å². The first-order valence-electron chi connectivity index (χ1n) is 5.62. The van der Waals surface area contributed by atoms with Crippen molar-refractivity contribution in [2.24, 2.45) is 5.73 Å². The van der Waals surface area contributed by atoms with Crippen LogP contribution in [0.5, 0.6) is 0 Å². The summed E-state index contributed by atoms with van der Waals surface area (Å²) in [4.78, 5) is 15.0. The SMILES string of the molecule is CSCC[C@@H](N)C(=O)N(C)C(C)c1cccs1. The smallest absolute Gasteiger partial charge is 0.239 e. The molecule has 0 aromatic carbocycles. The van der Waals surface area contributed by atoms with E-state index >= 15 is 0 Å². The van der Waals surface area contributed by atoms with Crippen LogP contribution in [0, 0.1) is 0 Å². The van der Waals surface area contributed by atoms with E-state index in [1.807, 2.05) is 37.7 Å². The molecular weight excluding hydrogens is 252 g/mol. The first-order valence-corrected chi connectivity index (χ1v) is 7.90. The Kier molecular flexibility index (Phi) is 6.02. The lowest BCUT2D eigenvalue weighted by atomic mass is 10.1. The molecular formula is C12H20N2OS2. The first-order chi connectivity index (χ1) is 8.07. The molecule has 0 aliphatic carbocycles. The van der Waals surface area contributed by atoms with E-state index in [0.717, 1.165) is 12.2 Å². The molecule has 0 radical (unpaired) electrons. The number of carbonyl (C=O) groups excluding carboxylic acids is 1. The summed E-state index contributed by atoms with van der Waals surface area (Å²) in [6.07, 6.45) is 2.76. The molecule has 1 rings (SSSR count).